The van der Waals surface area contributed by atoms with Gasteiger partial charge >= 0.3 is 0 Å². The van der Waals surface area contributed by atoms with E-state index in [1.165, 1.54) is 0 Å². The third kappa shape index (κ3) is 4.14. The molecule has 0 fully saturated rings. The Kier molecular flexibility index (Phi) is 6.33. The molecule has 7 nitrogen and oxygen atoms in total. The lowest BCUT2D eigenvalue weighted by Crippen LogP contribution is -2.31. The van der Waals surface area contributed by atoms with E-state index in [1.54, 1.807) is 25.3 Å². The van der Waals surface area contributed by atoms with Gasteiger partial charge in [0.15, 0.2) is 5.69 Å². The minimum absolute atomic E-state index is 0.146. The number of ether oxygens (including phenoxy) is 1. The van der Waals surface area contributed by atoms with Crippen molar-refractivity contribution in [2.75, 3.05) is 32.7 Å². The number of nitrogen functional groups attached to an aromatic ring is 1. The highest BCUT2D eigenvalue weighted by atomic mass is 16.5. The second-order valence-corrected chi connectivity index (χ2v) is 4.86. The molecular weight excluding hydrogens is 258 g/mol. The zero-order valence-electron chi connectivity index (χ0n) is 12.5. The average molecular weight is 281 g/mol. The van der Waals surface area contributed by atoms with E-state index in [4.69, 9.17) is 10.6 Å². The molecule has 0 atom stereocenters. The van der Waals surface area contributed by atoms with Crippen molar-refractivity contribution < 1.29 is 9.53 Å². The zero-order valence-corrected chi connectivity index (χ0v) is 12.5. The van der Waals surface area contributed by atoms with Crippen LogP contribution >= 0.6 is 0 Å². The fraction of sp³-hybridized carbons (Fsp3) is 0.615. The molecule has 1 aromatic rings. The fourth-order valence-electron chi connectivity index (χ4n) is 1.67. The van der Waals surface area contributed by atoms with Gasteiger partial charge in [-0.3, -0.25) is 10.6 Å². The van der Waals surface area contributed by atoms with Crippen LogP contribution in [0.1, 0.15) is 42.5 Å². The van der Waals surface area contributed by atoms with Crippen LogP contribution in [0.15, 0.2) is 6.20 Å². The third-order valence-electron chi connectivity index (χ3n) is 2.87. The lowest BCUT2D eigenvalue weighted by molar-refractivity contribution is 0.0774. The number of carbonyl (C=O) groups is 1. The summed E-state index contributed by atoms with van der Waals surface area (Å²) in [4.78, 5) is 22.5. The molecule has 1 amide bonds. The summed E-state index contributed by atoms with van der Waals surface area (Å²) in [6.07, 6.45) is 2.31. The molecule has 20 heavy (non-hydrogen) atoms. The van der Waals surface area contributed by atoms with Gasteiger partial charge in [0.1, 0.15) is 5.82 Å². The summed E-state index contributed by atoms with van der Waals surface area (Å²) in [7, 11) is 3.37. The Morgan fingerprint density at radius 3 is 2.80 bits per heavy atom. The second kappa shape index (κ2) is 7.76. The Bertz CT molecular complexity index is 450. The first-order valence-corrected chi connectivity index (χ1v) is 6.59. The van der Waals surface area contributed by atoms with Crippen molar-refractivity contribution in [2.24, 2.45) is 5.84 Å². The number of nitrogens with two attached hydrogens (primary N) is 1. The van der Waals surface area contributed by atoms with Crippen LogP contribution in [0, 0.1) is 0 Å². The number of methoxy groups -OCH3 is 1. The van der Waals surface area contributed by atoms with Crippen LogP contribution in [0.3, 0.4) is 0 Å². The smallest absolute Gasteiger partial charge is 0.274 e. The Morgan fingerprint density at radius 2 is 2.25 bits per heavy atom. The lowest BCUT2D eigenvalue weighted by atomic mass is 10.2. The fourth-order valence-corrected chi connectivity index (χ4v) is 1.67. The predicted molar refractivity (Wildman–Crippen MR) is 77.4 cm³/mol. The van der Waals surface area contributed by atoms with E-state index >= 15 is 0 Å². The SMILES string of the molecule is COCCCN(C)C(=O)c1nc(C(C)C)ncc1NN. The molecule has 0 saturated carbocycles. The summed E-state index contributed by atoms with van der Waals surface area (Å²) in [5, 5.41) is 0. The number of rotatable bonds is 7. The summed E-state index contributed by atoms with van der Waals surface area (Å²) in [5.41, 5.74) is 3.19. The van der Waals surface area contributed by atoms with Crippen LogP contribution < -0.4 is 11.3 Å². The molecule has 1 aromatic heterocycles. The first-order chi connectivity index (χ1) is 9.51. The first-order valence-electron chi connectivity index (χ1n) is 6.59. The molecule has 0 aromatic carbocycles. The highest BCUT2D eigenvalue weighted by molar-refractivity contribution is 5.97. The van der Waals surface area contributed by atoms with Crippen LogP contribution in [0.4, 0.5) is 5.69 Å². The van der Waals surface area contributed by atoms with Gasteiger partial charge in [0.2, 0.25) is 0 Å². The largest absolute Gasteiger partial charge is 0.385 e. The number of hydrogen-bond donors (Lipinski definition) is 2. The van der Waals surface area contributed by atoms with Gasteiger partial charge in [-0.2, -0.15) is 0 Å². The number of amides is 1. The Hall–Kier alpha value is -1.73. The van der Waals surface area contributed by atoms with E-state index in [2.05, 4.69) is 15.4 Å². The molecule has 0 bridgehead atoms. The van der Waals surface area contributed by atoms with Gasteiger partial charge in [-0.25, -0.2) is 9.97 Å². The maximum absolute atomic E-state index is 12.4. The van der Waals surface area contributed by atoms with Crippen LogP contribution in [0.2, 0.25) is 0 Å². The van der Waals surface area contributed by atoms with Gasteiger partial charge in [-0.15, -0.1) is 0 Å². The number of hydrogen-bond acceptors (Lipinski definition) is 6. The van der Waals surface area contributed by atoms with Gasteiger partial charge < -0.3 is 15.1 Å². The van der Waals surface area contributed by atoms with Crippen molar-refractivity contribution in [3.63, 3.8) is 0 Å². The van der Waals surface area contributed by atoms with Crippen molar-refractivity contribution in [3.05, 3.63) is 17.7 Å². The number of aromatic nitrogens is 2. The van der Waals surface area contributed by atoms with Crippen LogP contribution in [-0.4, -0.2) is 48.1 Å². The molecule has 0 aliphatic heterocycles. The van der Waals surface area contributed by atoms with Crippen molar-refractivity contribution in [1.82, 2.24) is 14.9 Å². The molecule has 1 rings (SSSR count). The monoisotopic (exact) mass is 281 g/mol. The molecule has 112 valence electrons. The molecule has 3 N–H and O–H groups in total. The van der Waals surface area contributed by atoms with Gasteiger partial charge in [-0.05, 0) is 6.42 Å². The normalized spacial score (nSPS) is 10.7. The van der Waals surface area contributed by atoms with E-state index in [9.17, 15) is 4.79 Å². The standard InChI is InChI=1S/C13H23N5O2/c1-9(2)12-15-8-10(17-14)11(16-12)13(19)18(3)6-5-7-20-4/h8-9,17H,5-7,14H2,1-4H3. The molecule has 0 aliphatic carbocycles. The minimum Gasteiger partial charge on any atom is -0.385 e. The predicted octanol–water partition coefficient (Wildman–Crippen LogP) is 0.994. The van der Waals surface area contributed by atoms with Crippen LogP contribution in [0.5, 0.6) is 0 Å². The topological polar surface area (TPSA) is 93.4 Å². The van der Waals surface area contributed by atoms with Crippen molar-refractivity contribution in [3.8, 4) is 0 Å². The summed E-state index contributed by atoms with van der Waals surface area (Å²) in [6, 6.07) is 0. The molecule has 7 heteroatoms. The maximum atomic E-state index is 12.4. The number of nitrogens with one attached hydrogen (secondary N) is 1. The Morgan fingerprint density at radius 1 is 1.55 bits per heavy atom. The summed E-state index contributed by atoms with van der Waals surface area (Å²) in [6.45, 7) is 5.15. The molecule has 0 spiro atoms. The van der Waals surface area contributed by atoms with Gasteiger partial charge in [0, 0.05) is 33.2 Å². The molecule has 0 radical (unpaired) electrons. The van der Waals surface area contributed by atoms with Crippen LogP contribution in [-0.2, 0) is 4.74 Å². The Labute approximate surface area is 119 Å². The number of carbonyl (C=O) groups excluding carboxylic acids is 1. The quantitative estimate of drug-likeness (QED) is 0.440. The summed E-state index contributed by atoms with van der Waals surface area (Å²) < 4.78 is 4.98. The Balaban J connectivity index is 2.91. The highest BCUT2D eigenvalue weighted by Crippen LogP contribution is 2.16. The van der Waals surface area contributed by atoms with Crippen molar-refractivity contribution >= 4 is 11.6 Å². The summed E-state index contributed by atoms with van der Waals surface area (Å²) >= 11 is 0. The van der Waals surface area contributed by atoms with Crippen molar-refractivity contribution in [2.45, 2.75) is 26.2 Å². The third-order valence-corrected chi connectivity index (χ3v) is 2.87. The first kappa shape index (κ1) is 16.3. The molecule has 1 heterocycles. The van der Waals surface area contributed by atoms with Crippen LogP contribution in [0.25, 0.3) is 0 Å². The van der Waals surface area contributed by atoms with E-state index < -0.39 is 0 Å². The van der Waals surface area contributed by atoms with E-state index in [-0.39, 0.29) is 11.8 Å². The van der Waals surface area contributed by atoms with Gasteiger partial charge in [0.25, 0.3) is 5.91 Å². The average Bonchev–Trinajstić information content (AvgIpc) is 2.45. The number of hydrazine groups is 1. The zero-order chi connectivity index (χ0) is 15.1. The molecule has 0 saturated heterocycles. The second-order valence-electron chi connectivity index (χ2n) is 4.86. The number of anilines is 1. The van der Waals surface area contributed by atoms with Gasteiger partial charge in [-0.1, -0.05) is 13.8 Å². The molecule has 0 aliphatic rings. The minimum atomic E-state index is -0.182. The van der Waals surface area contributed by atoms with Gasteiger partial charge in [0.05, 0.1) is 11.9 Å². The number of nitrogens with zero attached hydrogens (tertiary/aromatic N) is 3. The van der Waals surface area contributed by atoms with Crippen molar-refractivity contribution in [1.29, 1.82) is 0 Å². The molecular formula is C13H23N5O2. The lowest BCUT2D eigenvalue weighted by Gasteiger charge is -2.18. The highest BCUT2D eigenvalue weighted by Gasteiger charge is 2.19. The summed E-state index contributed by atoms with van der Waals surface area (Å²) in [5.74, 6) is 6.00. The van der Waals surface area contributed by atoms with E-state index in [1.807, 2.05) is 13.8 Å². The molecule has 0 unspecified atom stereocenters. The maximum Gasteiger partial charge on any atom is 0.274 e. The van der Waals surface area contributed by atoms with E-state index in [0.717, 1.165) is 6.42 Å². The van der Waals surface area contributed by atoms with E-state index in [0.29, 0.717) is 30.4 Å².